The number of benzene rings is 1. The molecule has 5 aliphatic rings. The molecular formula is C24H21F2N3O5. The summed E-state index contributed by atoms with van der Waals surface area (Å²) in [6.07, 6.45) is 2.90. The average molecular weight is 469 g/mol. The molecule has 2 amide bonds. The lowest BCUT2D eigenvalue weighted by molar-refractivity contribution is -0.202. The molecule has 8 nitrogen and oxygen atoms in total. The van der Waals surface area contributed by atoms with Crippen molar-refractivity contribution in [2.45, 2.75) is 50.7 Å². The largest absolute Gasteiger partial charge is 0.503 e. The lowest BCUT2D eigenvalue weighted by Gasteiger charge is -2.50. The van der Waals surface area contributed by atoms with E-state index in [4.69, 9.17) is 4.74 Å². The third kappa shape index (κ3) is 2.36. The minimum atomic E-state index is -0.977. The maximum Gasteiger partial charge on any atom is 0.276 e. The summed E-state index contributed by atoms with van der Waals surface area (Å²) in [5.74, 6) is -2.48. The summed E-state index contributed by atoms with van der Waals surface area (Å²) in [6.45, 7) is 1.69. The van der Waals surface area contributed by atoms with Crippen LogP contribution in [0.1, 0.15) is 52.2 Å². The van der Waals surface area contributed by atoms with Gasteiger partial charge < -0.3 is 24.6 Å². The highest BCUT2D eigenvalue weighted by Crippen LogP contribution is 2.81. The maximum absolute atomic E-state index is 14.1. The molecule has 3 saturated carbocycles. The van der Waals surface area contributed by atoms with Gasteiger partial charge in [0.25, 0.3) is 11.8 Å². The molecule has 1 spiro atoms. The van der Waals surface area contributed by atoms with Crippen molar-refractivity contribution in [1.29, 1.82) is 0 Å². The Labute approximate surface area is 192 Å². The predicted octanol–water partition coefficient (Wildman–Crippen LogP) is 1.91. The average Bonchev–Trinajstić information content (AvgIpc) is 3.67. The molecule has 7 rings (SSSR count). The maximum atomic E-state index is 14.1. The van der Waals surface area contributed by atoms with Crippen LogP contribution in [0.15, 0.2) is 29.2 Å². The molecular weight excluding hydrogens is 448 g/mol. The van der Waals surface area contributed by atoms with E-state index in [1.165, 1.54) is 23.8 Å². The number of nitrogens with one attached hydrogen (secondary N) is 1. The number of fused-ring (bicyclic) bond motifs is 5. The van der Waals surface area contributed by atoms with Gasteiger partial charge in [0.2, 0.25) is 5.43 Å². The predicted molar refractivity (Wildman–Crippen MR) is 112 cm³/mol. The molecule has 2 aliphatic heterocycles. The van der Waals surface area contributed by atoms with Crippen LogP contribution in [0.5, 0.6) is 5.75 Å². The lowest BCUT2D eigenvalue weighted by atomic mass is 9.76. The molecule has 1 aromatic carbocycles. The summed E-state index contributed by atoms with van der Waals surface area (Å²) in [7, 11) is 0. The Morgan fingerprint density at radius 2 is 2.12 bits per heavy atom. The summed E-state index contributed by atoms with van der Waals surface area (Å²) in [5, 5.41) is 13.2. The van der Waals surface area contributed by atoms with Gasteiger partial charge in [0.1, 0.15) is 17.2 Å². The molecule has 4 fully saturated rings. The van der Waals surface area contributed by atoms with Crippen LogP contribution in [0, 0.1) is 28.9 Å². The topological polar surface area (TPSA) is 101 Å². The van der Waals surface area contributed by atoms with Gasteiger partial charge >= 0.3 is 0 Å². The number of carbonyl (C=O) groups excluding carboxylic acids is 2. The van der Waals surface area contributed by atoms with Crippen LogP contribution in [0.4, 0.5) is 8.78 Å². The molecule has 2 N–H and O–H groups in total. The van der Waals surface area contributed by atoms with Crippen molar-refractivity contribution < 1.29 is 28.2 Å². The van der Waals surface area contributed by atoms with Gasteiger partial charge in [0, 0.05) is 29.3 Å². The zero-order valence-corrected chi connectivity index (χ0v) is 18.1. The minimum Gasteiger partial charge on any atom is -0.503 e. The van der Waals surface area contributed by atoms with Crippen LogP contribution in [0.2, 0.25) is 0 Å². The molecule has 0 radical (unpaired) electrons. The number of pyridine rings is 1. The summed E-state index contributed by atoms with van der Waals surface area (Å²) in [6, 6.07) is 2.19. The molecule has 7 atom stereocenters. The molecule has 2 aromatic rings. The molecule has 1 aromatic heterocycles. The number of halogens is 2. The van der Waals surface area contributed by atoms with Crippen LogP contribution in [-0.4, -0.2) is 44.8 Å². The smallest absolute Gasteiger partial charge is 0.276 e. The normalized spacial score (nSPS) is 34.5. The fourth-order valence-electron chi connectivity index (χ4n) is 6.74. The first-order valence-corrected chi connectivity index (χ1v) is 11.4. The van der Waals surface area contributed by atoms with E-state index in [0.29, 0.717) is 17.9 Å². The van der Waals surface area contributed by atoms with E-state index >= 15 is 0 Å². The van der Waals surface area contributed by atoms with Gasteiger partial charge in [-0.2, -0.15) is 0 Å². The number of ether oxygens (including phenoxy) is 1. The SMILES string of the molecule is C[C@@H](NC(=O)c1cn2c(c(O)c1=O)C(=O)N1C3C[C@]34C(O[C@@H]1C2)[C@@H]1C[C@@H]14)c1ccc(F)cc1F. The number of nitrogens with zero attached hydrogens (tertiary/aromatic N) is 2. The second kappa shape index (κ2) is 6.24. The van der Waals surface area contributed by atoms with Crippen molar-refractivity contribution in [1.82, 2.24) is 14.8 Å². The Bertz CT molecular complexity index is 1380. The van der Waals surface area contributed by atoms with Gasteiger partial charge in [-0.3, -0.25) is 14.4 Å². The van der Waals surface area contributed by atoms with E-state index in [0.717, 1.165) is 18.9 Å². The molecule has 176 valence electrons. The van der Waals surface area contributed by atoms with Gasteiger partial charge in [-0.05, 0) is 37.7 Å². The zero-order valence-electron chi connectivity index (χ0n) is 18.1. The van der Waals surface area contributed by atoms with E-state index in [1.807, 2.05) is 0 Å². The number of hydrogen-bond acceptors (Lipinski definition) is 5. The highest BCUT2D eigenvalue weighted by atomic mass is 19.1. The van der Waals surface area contributed by atoms with E-state index in [2.05, 4.69) is 5.32 Å². The lowest BCUT2D eigenvalue weighted by Crippen LogP contribution is -2.62. The Kier molecular flexibility index (Phi) is 3.69. The molecule has 34 heavy (non-hydrogen) atoms. The van der Waals surface area contributed by atoms with E-state index in [-0.39, 0.29) is 40.9 Å². The Balaban J connectivity index is 1.20. The van der Waals surface area contributed by atoms with Gasteiger partial charge in [-0.25, -0.2) is 8.78 Å². The van der Waals surface area contributed by atoms with E-state index < -0.39 is 46.9 Å². The van der Waals surface area contributed by atoms with Crippen LogP contribution in [-0.2, 0) is 11.3 Å². The van der Waals surface area contributed by atoms with Crippen molar-refractivity contribution in [3.05, 3.63) is 63.1 Å². The van der Waals surface area contributed by atoms with Crippen molar-refractivity contribution in [3.63, 3.8) is 0 Å². The zero-order chi connectivity index (χ0) is 23.7. The van der Waals surface area contributed by atoms with Gasteiger partial charge in [0.15, 0.2) is 17.7 Å². The van der Waals surface area contributed by atoms with Crippen molar-refractivity contribution >= 4 is 11.8 Å². The Hall–Kier alpha value is -3.27. The number of rotatable bonds is 3. The highest BCUT2D eigenvalue weighted by Gasteiger charge is 2.85. The monoisotopic (exact) mass is 469 g/mol. The first-order valence-electron chi connectivity index (χ1n) is 11.4. The minimum absolute atomic E-state index is 0.0465. The van der Waals surface area contributed by atoms with E-state index in [1.54, 1.807) is 4.90 Å². The first-order chi connectivity index (χ1) is 16.2. The fourth-order valence-corrected chi connectivity index (χ4v) is 6.74. The van der Waals surface area contributed by atoms with Crippen molar-refractivity contribution in [3.8, 4) is 5.75 Å². The number of amides is 2. The molecule has 0 bridgehead atoms. The summed E-state index contributed by atoms with van der Waals surface area (Å²) >= 11 is 0. The van der Waals surface area contributed by atoms with Gasteiger partial charge in [0.05, 0.1) is 18.7 Å². The third-order valence-corrected chi connectivity index (χ3v) is 8.47. The van der Waals surface area contributed by atoms with Gasteiger partial charge in [-0.15, -0.1) is 0 Å². The fraction of sp³-hybridized carbons (Fsp3) is 0.458. The second-order valence-corrected chi connectivity index (χ2v) is 10.1. The molecule has 10 heteroatoms. The van der Waals surface area contributed by atoms with Crippen molar-refractivity contribution in [2.75, 3.05) is 0 Å². The molecule has 2 unspecified atom stereocenters. The van der Waals surface area contributed by atoms with E-state index in [9.17, 15) is 28.3 Å². The summed E-state index contributed by atoms with van der Waals surface area (Å²) in [4.78, 5) is 40.7. The molecule has 3 aliphatic carbocycles. The number of hydrogen-bond donors (Lipinski definition) is 2. The molecule has 1 saturated heterocycles. The number of aromatic nitrogens is 1. The van der Waals surface area contributed by atoms with Crippen LogP contribution < -0.4 is 10.7 Å². The third-order valence-electron chi connectivity index (χ3n) is 8.47. The van der Waals surface area contributed by atoms with Crippen LogP contribution >= 0.6 is 0 Å². The Morgan fingerprint density at radius 1 is 1.32 bits per heavy atom. The Morgan fingerprint density at radius 3 is 2.88 bits per heavy atom. The number of carbonyl (C=O) groups is 2. The summed E-state index contributed by atoms with van der Waals surface area (Å²) in [5.41, 5.74) is -1.40. The highest BCUT2D eigenvalue weighted by molar-refractivity contribution is 5.99. The quantitative estimate of drug-likeness (QED) is 0.716. The van der Waals surface area contributed by atoms with Crippen molar-refractivity contribution in [2.24, 2.45) is 17.3 Å². The second-order valence-electron chi connectivity index (χ2n) is 10.1. The summed E-state index contributed by atoms with van der Waals surface area (Å²) < 4.78 is 35.0. The first kappa shape index (κ1) is 20.1. The van der Waals surface area contributed by atoms with Gasteiger partial charge in [-0.1, -0.05) is 6.07 Å². The molecule has 3 heterocycles. The standard InChI is InChI=1S/C24H21F2N3O5/c1-9(11-3-2-10(25)4-15(11)26)27-22(32)13-7-28-8-17-29(23(33)18(28)20(31)19(13)30)16-6-24(16)14-5-12(14)21(24)34-17/h2-4,7,9,12,14,16-17,21,31H,5-6,8H2,1H3,(H,27,32)/t9-,12-,14+,16?,17-,21?,24-/m1/s1. The van der Waals surface area contributed by atoms with Crippen LogP contribution in [0.25, 0.3) is 0 Å². The van der Waals surface area contributed by atoms with Crippen LogP contribution in [0.3, 0.4) is 0 Å². The number of aromatic hydroxyl groups is 1.